The second-order valence-electron chi connectivity index (χ2n) is 8.59. The summed E-state index contributed by atoms with van der Waals surface area (Å²) in [6, 6.07) is 5.95. The number of H-pyrrole nitrogens is 2. The molecule has 194 valence electrons. The summed E-state index contributed by atoms with van der Waals surface area (Å²) in [5, 5.41) is 9.73. The lowest BCUT2D eigenvalue weighted by molar-refractivity contribution is -0.122. The number of nitrogens with one attached hydrogen (secondary N) is 4. The zero-order chi connectivity index (χ0) is 26.5. The van der Waals surface area contributed by atoms with Gasteiger partial charge in [-0.25, -0.2) is 9.59 Å². The van der Waals surface area contributed by atoms with Crippen LogP contribution in [-0.2, 0) is 20.7 Å². The Labute approximate surface area is 209 Å². The molecule has 4 rings (SSSR count). The maximum absolute atomic E-state index is 12.6. The van der Waals surface area contributed by atoms with Crippen LogP contribution in [-0.4, -0.2) is 58.4 Å². The maximum atomic E-state index is 12.6. The molecule has 1 fully saturated rings. The van der Waals surface area contributed by atoms with Crippen LogP contribution in [0.25, 0.3) is 21.3 Å². The number of fused-ring (bicyclic) bond motifs is 1. The molecule has 0 spiro atoms. The molecule has 4 N–H and O–H groups in total. The van der Waals surface area contributed by atoms with E-state index >= 15 is 0 Å². The van der Waals surface area contributed by atoms with Gasteiger partial charge in [-0.05, 0) is 24.1 Å². The zero-order valence-electron chi connectivity index (χ0n) is 20.1. The fourth-order valence-electron chi connectivity index (χ4n) is 4.27. The number of carbonyl (C=O) groups excluding carboxylic acids is 2. The number of aryl methyl sites for hydroxylation is 1. The average Bonchev–Trinajstić information content (AvgIpc) is 3.48. The molecular formula is C23H26N8O6. The molecule has 1 aliphatic rings. The molecule has 1 saturated heterocycles. The Morgan fingerprint density at radius 3 is 2.89 bits per heavy atom. The summed E-state index contributed by atoms with van der Waals surface area (Å²) in [5.41, 5.74) is 9.80. The molecule has 2 aromatic heterocycles. The van der Waals surface area contributed by atoms with Crippen LogP contribution in [0.15, 0.2) is 51.4 Å². The van der Waals surface area contributed by atoms with Crippen molar-refractivity contribution in [3.05, 3.63) is 79.1 Å². The Bertz CT molecular complexity index is 1470. The van der Waals surface area contributed by atoms with Gasteiger partial charge in [0, 0.05) is 53.7 Å². The van der Waals surface area contributed by atoms with Gasteiger partial charge in [0.05, 0.1) is 6.04 Å². The summed E-state index contributed by atoms with van der Waals surface area (Å²) < 4.78 is 12.3. The summed E-state index contributed by atoms with van der Waals surface area (Å²) in [5.74, 6) is -0.404. The van der Waals surface area contributed by atoms with Gasteiger partial charge in [-0.1, -0.05) is 23.3 Å². The van der Waals surface area contributed by atoms with Crippen LogP contribution in [0.3, 0.4) is 0 Å². The molecule has 0 aliphatic carbocycles. The Morgan fingerprint density at radius 2 is 2.14 bits per heavy atom. The first-order chi connectivity index (χ1) is 17.8. The molecule has 37 heavy (non-hydrogen) atoms. The molecule has 0 saturated carbocycles. The van der Waals surface area contributed by atoms with Crippen molar-refractivity contribution >= 4 is 22.9 Å². The fraction of sp³-hybridized carbons (Fsp3) is 0.391. The average molecular weight is 511 g/mol. The number of ether oxygens (including phenoxy) is 2. The Morgan fingerprint density at radius 1 is 1.35 bits per heavy atom. The topological polar surface area (TPSA) is 196 Å². The van der Waals surface area contributed by atoms with Crippen molar-refractivity contribution in [3.63, 3.8) is 0 Å². The van der Waals surface area contributed by atoms with E-state index in [1.807, 2.05) is 24.3 Å². The number of nitrogens with zero attached hydrogens (tertiary/aromatic N) is 4. The van der Waals surface area contributed by atoms with E-state index in [2.05, 4.69) is 30.6 Å². The highest BCUT2D eigenvalue weighted by atomic mass is 16.6. The van der Waals surface area contributed by atoms with Crippen molar-refractivity contribution in [2.45, 2.75) is 44.2 Å². The van der Waals surface area contributed by atoms with Gasteiger partial charge in [-0.2, -0.15) is 0 Å². The quantitative estimate of drug-likeness (QED) is 0.200. The van der Waals surface area contributed by atoms with Gasteiger partial charge in [-0.15, -0.1) is 0 Å². The van der Waals surface area contributed by atoms with Crippen molar-refractivity contribution in [3.8, 4) is 0 Å². The molecule has 2 amide bonds. The summed E-state index contributed by atoms with van der Waals surface area (Å²) in [6.45, 7) is 1.25. The minimum Gasteiger partial charge on any atom is -0.447 e. The minimum atomic E-state index is -0.912. The molecule has 3 heterocycles. The Kier molecular flexibility index (Phi) is 7.60. The van der Waals surface area contributed by atoms with Crippen LogP contribution in [0.4, 0.5) is 4.79 Å². The van der Waals surface area contributed by atoms with Crippen LogP contribution < -0.4 is 21.9 Å². The fourth-order valence-corrected chi connectivity index (χ4v) is 4.27. The van der Waals surface area contributed by atoms with Crippen LogP contribution in [0.2, 0.25) is 0 Å². The van der Waals surface area contributed by atoms with E-state index < -0.39 is 47.7 Å². The zero-order valence-corrected chi connectivity index (χ0v) is 20.1. The molecule has 4 atom stereocenters. The van der Waals surface area contributed by atoms with E-state index in [9.17, 15) is 19.2 Å². The second kappa shape index (κ2) is 11.0. The molecule has 3 unspecified atom stereocenters. The number of carbonyl (C=O) groups is 2. The summed E-state index contributed by atoms with van der Waals surface area (Å²) in [6.07, 6.45) is 0.938. The standard InChI is InChI=1S/C23H26N8O6/c1-12-10-31(22(34)28-20(12)32)19-8-16(29-30-24)18(37-19)11-36-23(35)27-17(21(33)25-2)7-13-9-26-15-6-4-3-5-14(13)15/h3-6,9-10,16-19,26H,7-8,11H2,1-2H3,(H,25,33)(H,27,35)(H,28,32,34)/t16?,17-,18?,19?/m1/s1. The van der Waals surface area contributed by atoms with Crippen molar-refractivity contribution in [1.82, 2.24) is 25.2 Å². The number of aromatic amines is 2. The predicted octanol–water partition coefficient (Wildman–Crippen LogP) is 1.38. The molecule has 0 radical (unpaired) electrons. The number of para-hydroxylation sites is 1. The van der Waals surface area contributed by atoms with Crippen molar-refractivity contribution < 1.29 is 19.1 Å². The number of rotatable bonds is 8. The van der Waals surface area contributed by atoms with Gasteiger partial charge in [0.2, 0.25) is 5.91 Å². The summed E-state index contributed by atoms with van der Waals surface area (Å²) in [4.78, 5) is 57.1. The lowest BCUT2D eigenvalue weighted by Gasteiger charge is -2.19. The number of azide groups is 1. The number of alkyl carbamates (subject to hydrolysis) is 1. The van der Waals surface area contributed by atoms with Crippen LogP contribution in [0, 0.1) is 6.92 Å². The van der Waals surface area contributed by atoms with Gasteiger partial charge >= 0.3 is 11.8 Å². The Hall–Kier alpha value is -4.55. The highest BCUT2D eigenvalue weighted by molar-refractivity contribution is 5.88. The molecule has 1 aromatic carbocycles. The number of hydrogen-bond donors (Lipinski definition) is 4. The molecule has 3 aromatic rings. The van der Waals surface area contributed by atoms with Gasteiger partial charge in [-0.3, -0.25) is 19.1 Å². The number of likely N-dealkylation sites (N-methyl/N-ethyl adjacent to an activating group) is 1. The molecular weight excluding hydrogens is 484 g/mol. The lowest BCUT2D eigenvalue weighted by atomic mass is 10.0. The van der Waals surface area contributed by atoms with Crippen LogP contribution in [0.1, 0.15) is 23.8 Å². The summed E-state index contributed by atoms with van der Waals surface area (Å²) >= 11 is 0. The number of amides is 2. The number of hydrogen-bond acceptors (Lipinski definition) is 7. The summed E-state index contributed by atoms with van der Waals surface area (Å²) in [7, 11) is 1.47. The van der Waals surface area contributed by atoms with Crippen LogP contribution in [0.5, 0.6) is 0 Å². The van der Waals surface area contributed by atoms with E-state index in [1.54, 1.807) is 13.1 Å². The van der Waals surface area contributed by atoms with Crippen molar-refractivity contribution in [2.75, 3.05) is 13.7 Å². The number of aromatic nitrogens is 3. The monoisotopic (exact) mass is 510 g/mol. The second-order valence-corrected chi connectivity index (χ2v) is 8.59. The first-order valence-electron chi connectivity index (χ1n) is 11.5. The highest BCUT2D eigenvalue weighted by Crippen LogP contribution is 2.30. The third kappa shape index (κ3) is 5.66. The molecule has 14 heteroatoms. The molecule has 0 bridgehead atoms. The van der Waals surface area contributed by atoms with Crippen molar-refractivity contribution in [1.29, 1.82) is 0 Å². The maximum Gasteiger partial charge on any atom is 0.407 e. The van der Waals surface area contributed by atoms with E-state index in [0.29, 0.717) is 5.56 Å². The van der Waals surface area contributed by atoms with E-state index in [0.717, 1.165) is 16.5 Å². The smallest absolute Gasteiger partial charge is 0.407 e. The SMILES string of the molecule is CNC(=O)[C@@H](Cc1c[nH]c2ccccc12)NC(=O)OCC1OC(n2cc(C)c(=O)[nH]c2=O)CC1N=[N+]=[N-]. The van der Waals surface area contributed by atoms with Crippen molar-refractivity contribution in [2.24, 2.45) is 5.11 Å². The van der Waals surface area contributed by atoms with Gasteiger partial charge in [0.15, 0.2) is 0 Å². The lowest BCUT2D eigenvalue weighted by Crippen LogP contribution is -2.47. The first-order valence-corrected chi connectivity index (χ1v) is 11.5. The first kappa shape index (κ1) is 25.5. The van der Waals surface area contributed by atoms with E-state index in [1.165, 1.54) is 17.8 Å². The minimum absolute atomic E-state index is 0.131. The van der Waals surface area contributed by atoms with Crippen LogP contribution >= 0.6 is 0 Å². The third-order valence-electron chi connectivity index (χ3n) is 6.19. The van der Waals surface area contributed by atoms with E-state index in [4.69, 9.17) is 15.0 Å². The third-order valence-corrected chi connectivity index (χ3v) is 6.19. The predicted molar refractivity (Wildman–Crippen MR) is 132 cm³/mol. The van der Waals surface area contributed by atoms with Gasteiger partial charge < -0.3 is 25.1 Å². The van der Waals surface area contributed by atoms with Gasteiger partial charge in [0.25, 0.3) is 5.56 Å². The van der Waals surface area contributed by atoms with Gasteiger partial charge in [0.1, 0.15) is 25.0 Å². The number of benzene rings is 1. The normalized spacial score (nSPS) is 19.7. The van der Waals surface area contributed by atoms with E-state index in [-0.39, 0.29) is 19.4 Å². The highest BCUT2D eigenvalue weighted by Gasteiger charge is 2.37. The largest absolute Gasteiger partial charge is 0.447 e. The Balaban J connectivity index is 1.42. The molecule has 14 nitrogen and oxygen atoms in total. The molecule has 1 aliphatic heterocycles.